The normalized spacial score (nSPS) is 20.5. The Kier molecular flexibility index (Phi) is 3.74. The van der Waals surface area contributed by atoms with Crippen LogP contribution in [0.5, 0.6) is 17.2 Å². The maximum absolute atomic E-state index is 6.14. The molecule has 1 fully saturated rings. The van der Waals surface area contributed by atoms with E-state index < -0.39 is 0 Å². The number of rotatable bonds is 3. The number of hydrogen-bond acceptors (Lipinski definition) is 4. The number of nitrogens with two attached hydrogens (primary N) is 1. The van der Waals surface area contributed by atoms with Crippen molar-refractivity contribution in [2.24, 2.45) is 5.73 Å². The van der Waals surface area contributed by atoms with Crippen LogP contribution in [0.15, 0.2) is 12.1 Å². The number of fused-ring (bicyclic) bond motifs is 1. The zero-order valence-electron chi connectivity index (χ0n) is 12.1. The molecule has 0 amide bonds. The minimum atomic E-state index is -0.0234. The van der Waals surface area contributed by atoms with E-state index in [1.165, 1.54) is 12.8 Å². The van der Waals surface area contributed by atoms with Gasteiger partial charge in [-0.1, -0.05) is 12.8 Å². The molecule has 0 spiro atoms. The predicted molar refractivity (Wildman–Crippen MR) is 77.8 cm³/mol. The standard InChI is InChI=1S/C16H23NO3/c1-18-12-5-6-13-15(20-10-4-9-19-13)14(12)16(11-17)7-2-3-8-16/h5-6H,2-4,7-11,17H2,1H3. The molecular formula is C16H23NO3. The molecule has 0 radical (unpaired) electrons. The summed E-state index contributed by atoms with van der Waals surface area (Å²) < 4.78 is 17.4. The summed E-state index contributed by atoms with van der Waals surface area (Å²) >= 11 is 0. The lowest BCUT2D eigenvalue weighted by Crippen LogP contribution is -2.33. The summed E-state index contributed by atoms with van der Waals surface area (Å²) in [4.78, 5) is 0. The zero-order valence-corrected chi connectivity index (χ0v) is 12.1. The van der Waals surface area contributed by atoms with Crippen LogP contribution < -0.4 is 19.9 Å². The molecular weight excluding hydrogens is 254 g/mol. The van der Waals surface area contributed by atoms with E-state index in [0.29, 0.717) is 19.8 Å². The van der Waals surface area contributed by atoms with Gasteiger partial charge in [0.05, 0.1) is 20.3 Å². The first kappa shape index (κ1) is 13.6. The van der Waals surface area contributed by atoms with Crippen molar-refractivity contribution >= 4 is 0 Å². The minimum absolute atomic E-state index is 0.0234. The SMILES string of the molecule is COc1ccc2c(c1C1(CN)CCCC1)OCCCO2. The van der Waals surface area contributed by atoms with Crippen molar-refractivity contribution in [1.82, 2.24) is 0 Å². The predicted octanol–water partition coefficient (Wildman–Crippen LogP) is 2.63. The van der Waals surface area contributed by atoms with Crippen molar-refractivity contribution in [1.29, 1.82) is 0 Å². The third-order valence-electron chi connectivity index (χ3n) is 4.58. The Labute approximate surface area is 120 Å². The van der Waals surface area contributed by atoms with Crippen molar-refractivity contribution in [3.63, 3.8) is 0 Å². The topological polar surface area (TPSA) is 53.7 Å². The van der Waals surface area contributed by atoms with Gasteiger partial charge in [0.1, 0.15) is 5.75 Å². The molecule has 0 aromatic heterocycles. The molecule has 1 heterocycles. The van der Waals surface area contributed by atoms with Crippen molar-refractivity contribution in [2.75, 3.05) is 26.9 Å². The van der Waals surface area contributed by atoms with Gasteiger partial charge in [0.15, 0.2) is 11.5 Å². The molecule has 0 bridgehead atoms. The Morgan fingerprint density at radius 1 is 1.15 bits per heavy atom. The molecule has 3 rings (SSSR count). The van der Waals surface area contributed by atoms with Gasteiger partial charge in [-0.15, -0.1) is 0 Å². The molecule has 2 N–H and O–H groups in total. The van der Waals surface area contributed by atoms with Crippen LogP contribution in [0.4, 0.5) is 0 Å². The number of hydrogen-bond donors (Lipinski definition) is 1. The number of ether oxygens (including phenoxy) is 3. The molecule has 4 heteroatoms. The van der Waals surface area contributed by atoms with Gasteiger partial charge in [-0.25, -0.2) is 0 Å². The summed E-state index contributed by atoms with van der Waals surface area (Å²) in [5, 5.41) is 0. The van der Waals surface area contributed by atoms with Crippen LogP contribution in [-0.4, -0.2) is 26.9 Å². The average Bonchev–Trinajstić information content (AvgIpc) is 2.84. The summed E-state index contributed by atoms with van der Waals surface area (Å²) in [6.45, 7) is 2.02. The minimum Gasteiger partial charge on any atom is -0.496 e. The molecule has 4 nitrogen and oxygen atoms in total. The first-order chi connectivity index (χ1) is 9.80. The highest BCUT2D eigenvalue weighted by atomic mass is 16.5. The van der Waals surface area contributed by atoms with E-state index in [1.54, 1.807) is 7.11 Å². The summed E-state index contributed by atoms with van der Waals surface area (Å²) in [5.74, 6) is 2.56. The lowest BCUT2D eigenvalue weighted by molar-refractivity contribution is 0.290. The molecule has 0 unspecified atom stereocenters. The largest absolute Gasteiger partial charge is 0.496 e. The molecule has 0 saturated heterocycles. The fraction of sp³-hybridized carbons (Fsp3) is 0.625. The molecule has 1 aromatic carbocycles. The Morgan fingerprint density at radius 3 is 2.60 bits per heavy atom. The second-order valence-electron chi connectivity index (χ2n) is 5.71. The van der Waals surface area contributed by atoms with E-state index in [0.717, 1.165) is 42.1 Å². The summed E-state index contributed by atoms with van der Waals surface area (Å²) in [6, 6.07) is 3.93. The summed E-state index contributed by atoms with van der Waals surface area (Å²) in [7, 11) is 1.71. The van der Waals surface area contributed by atoms with Gasteiger partial charge in [0.2, 0.25) is 0 Å². The van der Waals surface area contributed by atoms with E-state index in [-0.39, 0.29) is 5.41 Å². The molecule has 2 aliphatic rings. The van der Waals surface area contributed by atoms with E-state index in [1.807, 2.05) is 12.1 Å². The Hall–Kier alpha value is -1.42. The summed E-state index contributed by atoms with van der Waals surface area (Å²) in [5.41, 5.74) is 7.25. The van der Waals surface area contributed by atoms with E-state index in [4.69, 9.17) is 19.9 Å². The number of benzene rings is 1. The lowest BCUT2D eigenvalue weighted by Gasteiger charge is -2.31. The maximum Gasteiger partial charge on any atom is 0.168 e. The number of methoxy groups -OCH3 is 1. The fourth-order valence-corrected chi connectivity index (χ4v) is 3.50. The van der Waals surface area contributed by atoms with Gasteiger partial charge in [0.25, 0.3) is 0 Å². The van der Waals surface area contributed by atoms with E-state index in [9.17, 15) is 0 Å². The fourth-order valence-electron chi connectivity index (χ4n) is 3.50. The van der Waals surface area contributed by atoms with Gasteiger partial charge in [0, 0.05) is 23.9 Å². The van der Waals surface area contributed by atoms with Crippen LogP contribution in [0.1, 0.15) is 37.7 Å². The van der Waals surface area contributed by atoms with Crippen molar-refractivity contribution < 1.29 is 14.2 Å². The first-order valence-electron chi connectivity index (χ1n) is 7.48. The highest BCUT2D eigenvalue weighted by Gasteiger charge is 2.40. The van der Waals surface area contributed by atoms with Gasteiger partial charge in [-0.05, 0) is 25.0 Å². The van der Waals surface area contributed by atoms with Crippen LogP contribution in [0.3, 0.4) is 0 Å². The zero-order chi connectivity index (χ0) is 14.0. The van der Waals surface area contributed by atoms with Crippen LogP contribution in [0.2, 0.25) is 0 Å². The van der Waals surface area contributed by atoms with Crippen molar-refractivity contribution in [3.8, 4) is 17.2 Å². The van der Waals surface area contributed by atoms with Gasteiger partial charge in [-0.2, -0.15) is 0 Å². The van der Waals surface area contributed by atoms with Crippen LogP contribution >= 0.6 is 0 Å². The molecule has 1 aromatic rings. The van der Waals surface area contributed by atoms with E-state index in [2.05, 4.69) is 0 Å². The molecule has 1 aliphatic heterocycles. The lowest BCUT2D eigenvalue weighted by atomic mass is 9.77. The van der Waals surface area contributed by atoms with Crippen LogP contribution in [-0.2, 0) is 5.41 Å². The van der Waals surface area contributed by atoms with Crippen LogP contribution in [0, 0.1) is 0 Å². The average molecular weight is 277 g/mol. The Balaban J connectivity index is 2.15. The van der Waals surface area contributed by atoms with Crippen molar-refractivity contribution in [2.45, 2.75) is 37.5 Å². The Bertz CT molecular complexity index is 481. The quantitative estimate of drug-likeness (QED) is 0.922. The molecule has 110 valence electrons. The second kappa shape index (κ2) is 5.52. The molecule has 20 heavy (non-hydrogen) atoms. The smallest absolute Gasteiger partial charge is 0.168 e. The van der Waals surface area contributed by atoms with Crippen molar-refractivity contribution in [3.05, 3.63) is 17.7 Å². The molecule has 0 atom stereocenters. The third-order valence-corrected chi connectivity index (χ3v) is 4.58. The maximum atomic E-state index is 6.14. The third kappa shape index (κ3) is 2.12. The molecule has 1 saturated carbocycles. The molecule has 1 aliphatic carbocycles. The van der Waals surface area contributed by atoms with Gasteiger partial charge < -0.3 is 19.9 Å². The van der Waals surface area contributed by atoms with Gasteiger partial charge in [-0.3, -0.25) is 0 Å². The van der Waals surface area contributed by atoms with E-state index >= 15 is 0 Å². The highest BCUT2D eigenvalue weighted by Crippen LogP contribution is 2.51. The second-order valence-corrected chi connectivity index (χ2v) is 5.71. The van der Waals surface area contributed by atoms with Gasteiger partial charge >= 0.3 is 0 Å². The summed E-state index contributed by atoms with van der Waals surface area (Å²) in [6.07, 6.45) is 5.53. The monoisotopic (exact) mass is 277 g/mol. The Morgan fingerprint density at radius 2 is 1.90 bits per heavy atom. The first-order valence-corrected chi connectivity index (χ1v) is 7.48. The highest BCUT2D eigenvalue weighted by molar-refractivity contribution is 5.58. The van der Waals surface area contributed by atoms with Crippen LogP contribution in [0.25, 0.3) is 0 Å².